The Morgan fingerprint density at radius 2 is 1.62 bits per heavy atom. The van der Waals surface area contributed by atoms with Gasteiger partial charge in [0.05, 0.1) is 18.5 Å². The molecule has 16 heteroatoms. The number of fused-ring (bicyclic) bond motifs is 1. The highest BCUT2D eigenvalue weighted by Crippen LogP contribution is 2.20. The molecule has 0 bridgehead atoms. The van der Waals surface area contributed by atoms with Gasteiger partial charge in [-0.15, -0.1) is 0 Å². The zero-order valence-electron chi connectivity index (χ0n) is 21.0. The number of aromatic nitrogens is 2. The molecule has 0 unspecified atom stereocenters. The fraction of sp³-hybridized carbons (Fsp3) is 0.609. The molecule has 0 atom stereocenters. The molecule has 0 amide bonds. The largest absolute Gasteiger partial charge is 0.490 e. The van der Waals surface area contributed by atoms with Crippen molar-refractivity contribution in [2.24, 2.45) is 0 Å². The Balaban J connectivity index is 0.000000317. The average molecular weight is 573 g/mol. The molecule has 2 aromatic heterocycles. The summed E-state index contributed by atoms with van der Waals surface area (Å²) in [6, 6.07) is 4.65. The van der Waals surface area contributed by atoms with Gasteiger partial charge in [0.15, 0.2) is 0 Å². The number of alkyl halides is 6. The van der Waals surface area contributed by atoms with E-state index in [1.54, 1.807) is 6.26 Å². The van der Waals surface area contributed by atoms with Crippen molar-refractivity contribution < 1.29 is 55.3 Å². The molecule has 2 N–H and O–H groups in total. The maximum Gasteiger partial charge on any atom is 0.490 e. The summed E-state index contributed by atoms with van der Waals surface area (Å²) >= 11 is 0. The molecule has 0 spiro atoms. The number of rotatable bonds is 5. The molecule has 0 saturated carbocycles. The Labute approximate surface area is 219 Å². The summed E-state index contributed by atoms with van der Waals surface area (Å²) in [5, 5.41) is 14.2. The molecule has 2 aromatic rings. The molecule has 1 saturated heterocycles. The van der Waals surface area contributed by atoms with Crippen molar-refractivity contribution in [2.45, 2.75) is 57.3 Å². The number of hydrogen-bond acceptors (Lipinski definition) is 7. The minimum atomic E-state index is -5.08. The average Bonchev–Trinajstić information content (AvgIpc) is 3.43. The van der Waals surface area contributed by atoms with E-state index in [1.165, 1.54) is 24.4 Å². The first kappa shape index (κ1) is 32.1. The number of imidazole rings is 1. The third-order valence-corrected chi connectivity index (χ3v) is 5.88. The molecule has 0 radical (unpaired) electrons. The lowest BCUT2D eigenvalue weighted by molar-refractivity contribution is -0.193. The van der Waals surface area contributed by atoms with Gasteiger partial charge in [-0.1, -0.05) is 0 Å². The van der Waals surface area contributed by atoms with E-state index in [2.05, 4.69) is 27.6 Å². The molecule has 0 aliphatic carbocycles. The molecule has 2 aliphatic rings. The Bertz CT molecular complexity index is 1010. The fourth-order valence-electron chi connectivity index (χ4n) is 4.05. The predicted octanol–water partition coefficient (Wildman–Crippen LogP) is 3.41. The summed E-state index contributed by atoms with van der Waals surface area (Å²) < 4.78 is 76.9. The van der Waals surface area contributed by atoms with Gasteiger partial charge < -0.3 is 23.9 Å². The Morgan fingerprint density at radius 1 is 1.03 bits per heavy atom. The van der Waals surface area contributed by atoms with E-state index in [-0.39, 0.29) is 0 Å². The minimum Gasteiger partial charge on any atom is -0.475 e. The Morgan fingerprint density at radius 3 is 2.13 bits per heavy atom. The smallest absolute Gasteiger partial charge is 0.475 e. The number of aliphatic carboxylic acids is 2. The van der Waals surface area contributed by atoms with Crippen LogP contribution in [0, 0.1) is 0 Å². The molecular weight excluding hydrogens is 542 g/mol. The molecule has 4 rings (SSSR count). The van der Waals surface area contributed by atoms with Crippen LogP contribution in [-0.4, -0.2) is 93.2 Å². The zero-order valence-corrected chi connectivity index (χ0v) is 21.0. The van der Waals surface area contributed by atoms with Gasteiger partial charge in [-0.25, -0.2) is 14.6 Å². The summed E-state index contributed by atoms with van der Waals surface area (Å²) in [7, 11) is 2.13. The first-order valence-corrected chi connectivity index (χ1v) is 11.8. The minimum absolute atomic E-state index is 0.684. The van der Waals surface area contributed by atoms with E-state index < -0.39 is 24.3 Å². The van der Waals surface area contributed by atoms with E-state index in [9.17, 15) is 26.3 Å². The van der Waals surface area contributed by atoms with E-state index in [0.29, 0.717) is 6.04 Å². The van der Waals surface area contributed by atoms with Crippen LogP contribution in [0.2, 0.25) is 0 Å². The zero-order chi connectivity index (χ0) is 29.2. The van der Waals surface area contributed by atoms with Crippen LogP contribution in [0.15, 0.2) is 29.0 Å². The van der Waals surface area contributed by atoms with Crippen LogP contribution in [0.4, 0.5) is 26.3 Å². The SMILES string of the molecule is CN(Cc1ccco1)Cc1cnc2n1CCN(C1CCOCC1)CC2.O=C(O)C(F)(F)F.O=C(O)C(F)(F)F. The van der Waals surface area contributed by atoms with Crippen molar-refractivity contribution in [2.75, 3.05) is 33.4 Å². The van der Waals surface area contributed by atoms with Crippen LogP contribution in [0.25, 0.3) is 0 Å². The van der Waals surface area contributed by atoms with E-state index >= 15 is 0 Å². The van der Waals surface area contributed by atoms with E-state index in [0.717, 1.165) is 58.1 Å². The second-order valence-corrected chi connectivity index (χ2v) is 8.80. The number of nitrogens with zero attached hydrogens (tertiary/aromatic N) is 4. The quantitative estimate of drug-likeness (QED) is 0.520. The second kappa shape index (κ2) is 14.3. The number of hydrogen-bond donors (Lipinski definition) is 2. The number of furan rings is 1. The highest BCUT2D eigenvalue weighted by atomic mass is 19.4. The lowest BCUT2D eigenvalue weighted by Gasteiger charge is -2.33. The van der Waals surface area contributed by atoms with Crippen molar-refractivity contribution in [1.29, 1.82) is 0 Å². The summed E-state index contributed by atoms with van der Waals surface area (Å²) in [5.41, 5.74) is 1.30. The predicted molar refractivity (Wildman–Crippen MR) is 123 cm³/mol. The lowest BCUT2D eigenvalue weighted by atomic mass is 10.1. The highest BCUT2D eigenvalue weighted by molar-refractivity contribution is 5.73. The number of carboxylic acids is 2. The van der Waals surface area contributed by atoms with Gasteiger partial charge in [0, 0.05) is 58.1 Å². The van der Waals surface area contributed by atoms with E-state index in [4.69, 9.17) is 33.9 Å². The van der Waals surface area contributed by atoms with Gasteiger partial charge in [-0.05, 0) is 32.0 Å². The van der Waals surface area contributed by atoms with Gasteiger partial charge in [-0.2, -0.15) is 26.3 Å². The summed E-state index contributed by atoms with van der Waals surface area (Å²) in [5.74, 6) is -3.28. The maximum absolute atomic E-state index is 10.6. The second-order valence-electron chi connectivity index (χ2n) is 8.80. The fourth-order valence-corrected chi connectivity index (χ4v) is 4.05. The van der Waals surface area contributed by atoms with Crippen molar-refractivity contribution in [3.8, 4) is 0 Å². The molecular formula is C23H30F6N4O6. The molecule has 0 aromatic carbocycles. The van der Waals surface area contributed by atoms with Crippen molar-refractivity contribution in [3.05, 3.63) is 41.9 Å². The third kappa shape index (κ3) is 10.9. The van der Waals surface area contributed by atoms with Crippen LogP contribution in [0.1, 0.15) is 30.1 Å². The number of carboxylic acid groups (broad SMARTS) is 2. The normalized spacial score (nSPS) is 16.8. The van der Waals surface area contributed by atoms with Gasteiger partial charge >= 0.3 is 24.3 Å². The first-order chi connectivity index (χ1) is 18.2. The van der Waals surface area contributed by atoms with Gasteiger partial charge in [0.2, 0.25) is 0 Å². The Hall–Kier alpha value is -3.11. The number of carbonyl (C=O) groups is 2. The van der Waals surface area contributed by atoms with Crippen LogP contribution in [0.5, 0.6) is 0 Å². The van der Waals surface area contributed by atoms with Crippen LogP contribution in [-0.2, 0) is 40.4 Å². The van der Waals surface area contributed by atoms with Gasteiger partial charge in [0.25, 0.3) is 0 Å². The van der Waals surface area contributed by atoms with Crippen LogP contribution >= 0.6 is 0 Å². The molecule has 1 fully saturated rings. The summed E-state index contributed by atoms with van der Waals surface area (Å²) in [6.45, 7) is 6.80. The molecule has 4 heterocycles. The maximum atomic E-state index is 10.6. The Kier molecular flexibility index (Phi) is 11.8. The molecule has 39 heavy (non-hydrogen) atoms. The van der Waals surface area contributed by atoms with Crippen LogP contribution in [0.3, 0.4) is 0 Å². The van der Waals surface area contributed by atoms with Gasteiger partial charge in [0.1, 0.15) is 11.6 Å². The summed E-state index contributed by atoms with van der Waals surface area (Å²) in [6.07, 6.45) is -3.00. The van der Waals surface area contributed by atoms with Crippen molar-refractivity contribution >= 4 is 11.9 Å². The monoisotopic (exact) mass is 572 g/mol. The molecule has 10 nitrogen and oxygen atoms in total. The van der Waals surface area contributed by atoms with E-state index in [1.807, 2.05) is 12.1 Å². The topological polar surface area (TPSA) is 121 Å². The van der Waals surface area contributed by atoms with Crippen molar-refractivity contribution in [1.82, 2.24) is 19.4 Å². The molecule has 2 aliphatic heterocycles. The summed E-state index contributed by atoms with van der Waals surface area (Å²) in [4.78, 5) is 27.4. The number of halogens is 6. The standard InChI is InChI=1S/C19H28N4O2.2C2HF3O2/c1-21(15-18-3-2-10-25-18)14-17-13-20-19-4-7-22(8-9-23(17)19)16-5-11-24-12-6-16;2*3-2(4,5)1(6)7/h2-3,10,13,16H,4-9,11-12,14-15H2,1H3;2*(H,6,7). The number of ether oxygens (including phenoxy) is 1. The van der Waals surface area contributed by atoms with Gasteiger partial charge in [-0.3, -0.25) is 9.80 Å². The molecule has 220 valence electrons. The highest BCUT2D eigenvalue weighted by Gasteiger charge is 2.38. The van der Waals surface area contributed by atoms with Crippen LogP contribution < -0.4 is 0 Å². The first-order valence-electron chi connectivity index (χ1n) is 11.8. The lowest BCUT2D eigenvalue weighted by Crippen LogP contribution is -2.41. The third-order valence-electron chi connectivity index (χ3n) is 5.88. The van der Waals surface area contributed by atoms with Crippen molar-refractivity contribution in [3.63, 3.8) is 0 Å².